The minimum Gasteiger partial charge on any atom is -0.468 e. The van der Waals surface area contributed by atoms with Crippen molar-refractivity contribution in [3.8, 4) is 0 Å². The first-order valence-electron chi connectivity index (χ1n) is 5.64. The average Bonchev–Trinajstić information content (AvgIpc) is 2.76. The van der Waals surface area contributed by atoms with E-state index in [0.29, 0.717) is 18.2 Å². The van der Waals surface area contributed by atoms with Gasteiger partial charge in [0.15, 0.2) is 15.0 Å². The number of nitrogens with zero attached hydrogens (tertiary/aromatic N) is 2. The second-order valence-corrected chi connectivity index (χ2v) is 7.66. The zero-order valence-electron chi connectivity index (χ0n) is 10.8. The molecule has 1 saturated heterocycles. The van der Waals surface area contributed by atoms with Crippen LogP contribution in [-0.4, -0.2) is 55.5 Å². The summed E-state index contributed by atoms with van der Waals surface area (Å²) in [4.78, 5) is 18.3. The Morgan fingerprint density at radius 2 is 2.35 bits per heavy atom. The molecule has 1 aliphatic heterocycles. The molecule has 0 saturated carbocycles. The summed E-state index contributed by atoms with van der Waals surface area (Å²) >= 11 is 1.33. The number of sulfone groups is 1. The lowest BCUT2D eigenvalue weighted by molar-refractivity contribution is -0.146. The normalized spacial score (nSPS) is 21.9. The zero-order valence-corrected chi connectivity index (χ0v) is 13.3. The average molecular weight is 342 g/mol. The number of ether oxygens (including phenoxy) is 1. The summed E-state index contributed by atoms with van der Waals surface area (Å²) in [6.45, 7) is 0.754. The molecule has 2 N–H and O–H groups in total. The van der Waals surface area contributed by atoms with E-state index in [-0.39, 0.29) is 23.9 Å². The predicted octanol–water partition coefficient (Wildman–Crippen LogP) is -0.0809. The van der Waals surface area contributed by atoms with Crippen LogP contribution in [0.1, 0.15) is 4.88 Å². The van der Waals surface area contributed by atoms with Gasteiger partial charge in [-0.3, -0.25) is 9.69 Å². The van der Waals surface area contributed by atoms with Gasteiger partial charge < -0.3 is 10.5 Å². The third-order valence-electron chi connectivity index (χ3n) is 2.95. The molecule has 1 unspecified atom stereocenters. The molecule has 0 aliphatic carbocycles. The molecule has 114 valence electrons. The van der Waals surface area contributed by atoms with Crippen molar-refractivity contribution in [3.63, 3.8) is 0 Å². The van der Waals surface area contributed by atoms with E-state index in [1.54, 1.807) is 11.1 Å². The maximum Gasteiger partial charge on any atom is 0.324 e. The van der Waals surface area contributed by atoms with Gasteiger partial charge in [-0.05, 0) is 0 Å². The number of rotatable bonds is 3. The number of carbonyl (C=O) groups excluding carboxylic acids is 1. The van der Waals surface area contributed by atoms with Gasteiger partial charge in [0, 0.05) is 24.2 Å². The molecule has 1 fully saturated rings. The van der Waals surface area contributed by atoms with Crippen molar-refractivity contribution < 1.29 is 17.9 Å². The Labute approximate surface area is 127 Å². The minimum atomic E-state index is -3.19. The summed E-state index contributed by atoms with van der Waals surface area (Å²) in [6, 6.07) is -0.757. The predicted molar refractivity (Wildman–Crippen MR) is 78.6 cm³/mol. The molecular formula is C10H16ClN3O4S2. The molecular weight excluding hydrogens is 326 g/mol. The van der Waals surface area contributed by atoms with E-state index in [2.05, 4.69) is 9.72 Å². The molecule has 1 atom stereocenters. The number of methoxy groups -OCH3 is 1. The molecule has 0 amide bonds. The van der Waals surface area contributed by atoms with E-state index >= 15 is 0 Å². The lowest BCUT2D eigenvalue weighted by atomic mass is 10.2. The summed E-state index contributed by atoms with van der Waals surface area (Å²) in [5.74, 6) is -0.677. The number of thiazole rings is 1. The van der Waals surface area contributed by atoms with Crippen LogP contribution in [0.3, 0.4) is 0 Å². The molecule has 0 spiro atoms. The molecule has 0 radical (unpaired) electrons. The van der Waals surface area contributed by atoms with E-state index in [9.17, 15) is 13.2 Å². The van der Waals surface area contributed by atoms with Crippen LogP contribution in [0.5, 0.6) is 0 Å². The van der Waals surface area contributed by atoms with E-state index in [4.69, 9.17) is 5.73 Å². The molecule has 0 bridgehead atoms. The Bertz CT molecular complexity index is 575. The van der Waals surface area contributed by atoms with Gasteiger partial charge in [-0.1, -0.05) is 0 Å². The summed E-state index contributed by atoms with van der Waals surface area (Å²) in [5.41, 5.74) is 5.55. The summed E-state index contributed by atoms with van der Waals surface area (Å²) in [6.07, 6.45) is 1.64. The number of anilines is 1. The second kappa shape index (κ2) is 6.70. The first-order chi connectivity index (χ1) is 8.91. The molecule has 1 aromatic rings. The highest BCUT2D eigenvalue weighted by Gasteiger charge is 2.36. The van der Waals surface area contributed by atoms with Crippen molar-refractivity contribution in [1.82, 2.24) is 9.88 Å². The minimum absolute atomic E-state index is 0. The quantitative estimate of drug-likeness (QED) is 0.767. The number of nitrogens with two attached hydrogens (primary N) is 1. The fraction of sp³-hybridized carbons (Fsp3) is 0.600. The Morgan fingerprint density at radius 1 is 1.65 bits per heavy atom. The maximum absolute atomic E-state index is 11.7. The number of halogens is 1. The molecule has 1 aliphatic rings. The Kier molecular flexibility index (Phi) is 5.75. The van der Waals surface area contributed by atoms with Crippen molar-refractivity contribution in [2.45, 2.75) is 12.6 Å². The number of esters is 1. The Morgan fingerprint density at radius 3 is 2.90 bits per heavy atom. The molecule has 7 nitrogen and oxygen atoms in total. The third kappa shape index (κ3) is 4.05. The zero-order chi connectivity index (χ0) is 14.0. The van der Waals surface area contributed by atoms with Crippen LogP contribution < -0.4 is 5.73 Å². The van der Waals surface area contributed by atoms with Gasteiger partial charge >= 0.3 is 5.97 Å². The number of carbonyl (C=O) groups is 1. The van der Waals surface area contributed by atoms with Crippen molar-refractivity contribution in [2.75, 3.05) is 30.9 Å². The molecule has 0 aromatic carbocycles. The Hall–Kier alpha value is -0.900. The highest BCUT2D eigenvalue weighted by Crippen LogP contribution is 2.21. The van der Waals surface area contributed by atoms with Gasteiger partial charge in [-0.15, -0.1) is 23.7 Å². The lowest BCUT2D eigenvalue weighted by Crippen LogP contribution is -2.52. The number of hydrogen-bond donors (Lipinski definition) is 1. The van der Waals surface area contributed by atoms with Gasteiger partial charge in [0.05, 0.1) is 18.6 Å². The second-order valence-electron chi connectivity index (χ2n) is 4.29. The molecule has 10 heteroatoms. The number of nitrogen functional groups attached to an aromatic ring is 1. The van der Waals surface area contributed by atoms with Crippen molar-refractivity contribution in [2.24, 2.45) is 0 Å². The highest BCUT2D eigenvalue weighted by atomic mass is 35.5. The lowest BCUT2D eigenvalue weighted by Gasteiger charge is -2.32. The molecule has 2 heterocycles. The fourth-order valence-corrected chi connectivity index (χ4v) is 4.20. The number of aromatic nitrogens is 1. The van der Waals surface area contributed by atoms with E-state index < -0.39 is 21.8 Å². The van der Waals surface area contributed by atoms with Gasteiger partial charge in [0.25, 0.3) is 0 Å². The summed E-state index contributed by atoms with van der Waals surface area (Å²) < 4.78 is 27.9. The first-order valence-corrected chi connectivity index (χ1v) is 8.27. The van der Waals surface area contributed by atoms with Gasteiger partial charge in [-0.25, -0.2) is 13.4 Å². The molecule has 2 rings (SSSR count). The van der Waals surface area contributed by atoms with Gasteiger partial charge in [0.2, 0.25) is 0 Å². The van der Waals surface area contributed by atoms with Crippen LogP contribution in [0.25, 0.3) is 0 Å². The largest absolute Gasteiger partial charge is 0.468 e. The van der Waals surface area contributed by atoms with Crippen LogP contribution in [0.15, 0.2) is 6.20 Å². The van der Waals surface area contributed by atoms with Crippen molar-refractivity contribution in [3.05, 3.63) is 11.1 Å². The van der Waals surface area contributed by atoms with Crippen LogP contribution in [0.4, 0.5) is 5.13 Å². The van der Waals surface area contributed by atoms with Crippen LogP contribution in [-0.2, 0) is 25.9 Å². The highest BCUT2D eigenvalue weighted by molar-refractivity contribution is 7.91. The smallest absolute Gasteiger partial charge is 0.324 e. The van der Waals surface area contributed by atoms with Crippen molar-refractivity contribution >= 4 is 44.7 Å². The van der Waals surface area contributed by atoms with E-state index in [0.717, 1.165) is 4.88 Å². The van der Waals surface area contributed by atoms with Crippen LogP contribution in [0, 0.1) is 0 Å². The Balaban J connectivity index is 0.00000200. The van der Waals surface area contributed by atoms with Crippen LogP contribution >= 0.6 is 23.7 Å². The van der Waals surface area contributed by atoms with E-state index in [1.807, 2.05) is 0 Å². The standard InChI is InChI=1S/C10H15N3O4S2.ClH/c1-17-9(14)8-6-19(15,16)3-2-13(8)5-7-4-12-10(11)18-7;/h4,8H,2-3,5-6H2,1H3,(H2,11,12);1H. The van der Waals surface area contributed by atoms with E-state index in [1.165, 1.54) is 18.4 Å². The monoisotopic (exact) mass is 341 g/mol. The summed E-state index contributed by atoms with van der Waals surface area (Å²) in [5, 5.41) is 0.453. The maximum atomic E-state index is 11.7. The SMILES string of the molecule is COC(=O)C1CS(=O)(=O)CCN1Cc1cnc(N)s1.Cl. The fourth-order valence-electron chi connectivity index (χ4n) is 1.98. The number of hydrogen-bond acceptors (Lipinski definition) is 8. The first kappa shape index (κ1) is 17.2. The van der Waals surface area contributed by atoms with Crippen LogP contribution in [0.2, 0.25) is 0 Å². The van der Waals surface area contributed by atoms with Gasteiger partial charge in [0.1, 0.15) is 6.04 Å². The topological polar surface area (TPSA) is 103 Å². The van der Waals surface area contributed by atoms with Crippen molar-refractivity contribution in [1.29, 1.82) is 0 Å². The third-order valence-corrected chi connectivity index (χ3v) is 5.39. The molecule has 1 aromatic heterocycles. The van der Waals surface area contributed by atoms with Gasteiger partial charge in [-0.2, -0.15) is 0 Å². The molecule has 20 heavy (non-hydrogen) atoms. The summed E-state index contributed by atoms with van der Waals surface area (Å²) in [7, 11) is -1.93.